The predicted octanol–water partition coefficient (Wildman–Crippen LogP) is 0.373. The first-order valence-electron chi connectivity index (χ1n) is 5.41. The van der Waals surface area contributed by atoms with Crippen molar-refractivity contribution in [1.82, 2.24) is 0 Å². The fraction of sp³-hybridized carbons (Fsp3) is 1.00. The molecule has 1 rings (SSSR count). The van der Waals surface area contributed by atoms with E-state index in [1.807, 2.05) is 0 Å². The Bertz CT molecular complexity index is 308. The third-order valence-corrected chi connectivity index (χ3v) is 3.39. The van der Waals surface area contributed by atoms with Crippen molar-refractivity contribution in [2.24, 2.45) is 5.92 Å². The molecule has 0 unspecified atom stereocenters. The quantitative estimate of drug-likeness (QED) is 0.556. The monoisotopic (exact) mass is 277 g/mol. The van der Waals surface area contributed by atoms with Gasteiger partial charge in [-0.2, -0.15) is 13.2 Å². The summed E-state index contributed by atoms with van der Waals surface area (Å²) in [5.41, 5.74) is -5.65. The van der Waals surface area contributed by atoms with E-state index in [1.54, 1.807) is 4.90 Å². The molecule has 0 aromatic heterocycles. The highest BCUT2D eigenvalue weighted by atomic mass is 32.2. The molecule has 1 aliphatic rings. The third-order valence-electron chi connectivity index (χ3n) is 2.82. The van der Waals surface area contributed by atoms with E-state index in [0.29, 0.717) is 0 Å². The highest BCUT2D eigenvalue weighted by Crippen LogP contribution is 2.20. The molecule has 0 spiro atoms. The zero-order valence-corrected chi connectivity index (χ0v) is 10.7. The third kappa shape index (κ3) is 6.85. The molecule has 8 heteroatoms. The summed E-state index contributed by atoms with van der Waals surface area (Å²) in [4.78, 5) is 1.72. The fourth-order valence-corrected chi connectivity index (χ4v) is 1.58. The Labute approximate surface area is 99.5 Å². The van der Waals surface area contributed by atoms with Gasteiger partial charge in [-0.05, 0) is 18.8 Å². The summed E-state index contributed by atoms with van der Waals surface area (Å²) in [5.74, 6) is 1.05. The van der Waals surface area contributed by atoms with Gasteiger partial charge < -0.3 is 9.45 Å². The van der Waals surface area contributed by atoms with Crippen molar-refractivity contribution >= 4 is 10.1 Å². The van der Waals surface area contributed by atoms with Crippen molar-refractivity contribution in [2.45, 2.75) is 31.7 Å². The van der Waals surface area contributed by atoms with Crippen LogP contribution in [0.3, 0.4) is 0 Å². The molecule has 17 heavy (non-hydrogen) atoms. The van der Waals surface area contributed by atoms with E-state index in [2.05, 4.69) is 14.0 Å². The standard InChI is InChI=1S/C8H17N.CHF3O3S/c1-3-8-4-6-9(2)7-5-8;2-1(3,4)8(5,6)7/h8H,3-7H2,1-2H3;(H,5,6,7). The number of halogens is 3. The highest BCUT2D eigenvalue weighted by Gasteiger charge is 2.36. The zero-order chi connectivity index (χ0) is 13.7. The van der Waals surface area contributed by atoms with Crippen LogP contribution in [-0.4, -0.2) is 38.6 Å². The molecule has 1 N–H and O–H groups in total. The van der Waals surface area contributed by atoms with Crippen molar-refractivity contribution in [3.8, 4) is 0 Å². The van der Waals surface area contributed by atoms with E-state index in [1.165, 1.54) is 32.4 Å². The Kier molecular flexibility index (Phi) is 6.42. The maximum Gasteiger partial charge on any atom is 0.485 e. The summed E-state index contributed by atoms with van der Waals surface area (Å²) in [6.07, 6.45) is 4.32. The summed E-state index contributed by atoms with van der Waals surface area (Å²) >= 11 is 0. The van der Waals surface area contributed by atoms with Gasteiger partial charge in [-0.15, -0.1) is 0 Å². The Morgan fingerprint density at radius 2 is 1.65 bits per heavy atom. The largest absolute Gasteiger partial charge is 0.741 e. The Hall–Kier alpha value is -0.340. The normalized spacial score (nSPS) is 26.0. The molecule has 1 saturated heterocycles. The first-order valence-corrected chi connectivity index (χ1v) is 6.82. The molecule has 1 heterocycles. The maximum absolute atomic E-state index is 10.7. The lowest BCUT2D eigenvalue weighted by molar-refractivity contribution is -0.886. The summed E-state index contributed by atoms with van der Waals surface area (Å²) in [5, 5.41) is 0. The van der Waals surface area contributed by atoms with Gasteiger partial charge in [0.2, 0.25) is 0 Å². The smallest absolute Gasteiger partial charge is 0.485 e. The summed E-state index contributed by atoms with van der Waals surface area (Å²) in [7, 11) is -3.79. The SMILES string of the molecule is CCC1CC[NH+](C)CC1.O=S(=O)([O-])C(F)(F)F. The van der Waals surface area contributed by atoms with Crippen LogP contribution in [0.4, 0.5) is 13.2 Å². The van der Waals surface area contributed by atoms with Gasteiger partial charge in [0.1, 0.15) is 0 Å². The van der Waals surface area contributed by atoms with Gasteiger partial charge in [0.15, 0.2) is 10.1 Å². The van der Waals surface area contributed by atoms with Gasteiger partial charge in [-0.1, -0.05) is 13.3 Å². The number of likely N-dealkylation sites (tertiary alicyclic amines) is 1. The second-order valence-electron chi connectivity index (χ2n) is 4.21. The fourth-order valence-electron chi connectivity index (χ4n) is 1.58. The predicted molar refractivity (Wildman–Crippen MR) is 55.4 cm³/mol. The molecule has 0 aromatic carbocycles. The van der Waals surface area contributed by atoms with Crippen LogP contribution in [0.1, 0.15) is 26.2 Å². The lowest BCUT2D eigenvalue weighted by Crippen LogP contribution is -3.10. The van der Waals surface area contributed by atoms with Gasteiger partial charge in [0, 0.05) is 0 Å². The highest BCUT2D eigenvalue weighted by molar-refractivity contribution is 7.86. The van der Waals surface area contributed by atoms with Crippen LogP contribution in [0, 0.1) is 5.92 Å². The van der Waals surface area contributed by atoms with Crippen molar-refractivity contribution in [3.63, 3.8) is 0 Å². The molecule has 1 fully saturated rings. The van der Waals surface area contributed by atoms with E-state index in [9.17, 15) is 13.2 Å². The van der Waals surface area contributed by atoms with Crippen LogP contribution in [0.25, 0.3) is 0 Å². The number of quaternary nitrogens is 1. The van der Waals surface area contributed by atoms with Crippen molar-refractivity contribution in [2.75, 3.05) is 20.1 Å². The van der Waals surface area contributed by atoms with Crippen LogP contribution >= 0.6 is 0 Å². The first-order chi connectivity index (χ1) is 7.58. The molecular weight excluding hydrogens is 259 g/mol. The van der Waals surface area contributed by atoms with Gasteiger partial charge in [-0.3, -0.25) is 0 Å². The average Bonchev–Trinajstić information content (AvgIpc) is 2.17. The van der Waals surface area contributed by atoms with Gasteiger partial charge in [0.05, 0.1) is 20.1 Å². The van der Waals surface area contributed by atoms with Crippen LogP contribution in [-0.2, 0) is 10.1 Å². The summed E-state index contributed by atoms with van der Waals surface area (Å²) in [6.45, 7) is 5.11. The minimum atomic E-state index is -6.09. The van der Waals surface area contributed by atoms with E-state index in [-0.39, 0.29) is 0 Å². The van der Waals surface area contributed by atoms with E-state index in [0.717, 1.165) is 5.92 Å². The van der Waals surface area contributed by atoms with Crippen LogP contribution in [0.15, 0.2) is 0 Å². The average molecular weight is 277 g/mol. The topological polar surface area (TPSA) is 61.6 Å². The van der Waals surface area contributed by atoms with Gasteiger partial charge in [-0.25, -0.2) is 8.42 Å². The minimum absolute atomic E-state index is 1.05. The number of rotatable bonds is 1. The molecular formula is C9H18F3NO3S. The molecule has 0 saturated carbocycles. The molecule has 0 radical (unpaired) electrons. The second-order valence-corrected chi connectivity index (χ2v) is 5.58. The Morgan fingerprint density at radius 3 is 1.88 bits per heavy atom. The number of alkyl halides is 3. The second kappa shape index (κ2) is 6.55. The first kappa shape index (κ1) is 16.7. The molecule has 0 atom stereocenters. The Morgan fingerprint density at radius 1 is 1.29 bits per heavy atom. The van der Waals surface area contributed by atoms with Gasteiger partial charge in [0.25, 0.3) is 0 Å². The van der Waals surface area contributed by atoms with E-state index >= 15 is 0 Å². The summed E-state index contributed by atoms with van der Waals surface area (Å²) < 4.78 is 58.9. The van der Waals surface area contributed by atoms with E-state index < -0.39 is 15.6 Å². The lowest BCUT2D eigenvalue weighted by Gasteiger charge is -2.25. The van der Waals surface area contributed by atoms with Crippen LogP contribution in [0.2, 0.25) is 0 Å². The zero-order valence-electron chi connectivity index (χ0n) is 9.88. The number of hydrogen-bond acceptors (Lipinski definition) is 3. The van der Waals surface area contributed by atoms with Crippen molar-refractivity contribution in [1.29, 1.82) is 0 Å². The van der Waals surface area contributed by atoms with E-state index in [4.69, 9.17) is 13.0 Å². The Balaban J connectivity index is 0.000000304. The van der Waals surface area contributed by atoms with Gasteiger partial charge >= 0.3 is 5.51 Å². The number of hydrogen-bond donors (Lipinski definition) is 1. The minimum Gasteiger partial charge on any atom is -0.741 e. The molecule has 104 valence electrons. The van der Waals surface area contributed by atoms with Crippen LogP contribution < -0.4 is 4.90 Å². The molecule has 0 amide bonds. The molecule has 0 bridgehead atoms. The number of piperidine rings is 1. The lowest BCUT2D eigenvalue weighted by atomic mass is 9.95. The number of nitrogens with one attached hydrogen (secondary N) is 1. The molecule has 0 aliphatic carbocycles. The van der Waals surface area contributed by atoms with Crippen LogP contribution in [0.5, 0.6) is 0 Å². The molecule has 1 aliphatic heterocycles. The molecule has 4 nitrogen and oxygen atoms in total. The van der Waals surface area contributed by atoms with Crippen molar-refractivity contribution < 1.29 is 31.0 Å². The molecule has 0 aromatic rings. The van der Waals surface area contributed by atoms with Crippen molar-refractivity contribution in [3.05, 3.63) is 0 Å². The maximum atomic E-state index is 10.7. The summed E-state index contributed by atoms with van der Waals surface area (Å²) in [6, 6.07) is 0.